The lowest BCUT2D eigenvalue weighted by molar-refractivity contribution is -0.145. The standard InChI is InChI=1S/C15H23NO4/c17-12-8-4-7-11(9-12)13(15(19)20)16-14(18)10-5-2-1-3-6-10/h10-11,13H,1-9H2,(H,16,18)(H,19,20)/t11-,13-/m1/s1. The first-order chi connectivity index (χ1) is 9.58. The molecule has 0 unspecified atom stereocenters. The van der Waals surface area contributed by atoms with E-state index in [2.05, 4.69) is 5.32 Å². The van der Waals surface area contributed by atoms with E-state index in [-0.39, 0.29) is 29.9 Å². The monoisotopic (exact) mass is 281 g/mol. The van der Waals surface area contributed by atoms with Crippen LogP contribution < -0.4 is 5.32 Å². The predicted molar refractivity (Wildman–Crippen MR) is 73.1 cm³/mol. The van der Waals surface area contributed by atoms with Gasteiger partial charge in [-0.1, -0.05) is 19.3 Å². The first kappa shape index (κ1) is 15.0. The Kier molecular flexibility index (Phi) is 5.15. The third kappa shape index (κ3) is 3.81. The molecule has 2 N–H and O–H groups in total. The highest BCUT2D eigenvalue weighted by molar-refractivity contribution is 5.86. The molecule has 0 aromatic rings. The SMILES string of the molecule is O=C1CCC[C@@H]([C@@H](NC(=O)C2CCCCC2)C(=O)O)C1. The zero-order valence-electron chi connectivity index (χ0n) is 11.8. The molecule has 0 saturated heterocycles. The van der Waals surface area contributed by atoms with Crippen LogP contribution in [0.4, 0.5) is 0 Å². The van der Waals surface area contributed by atoms with E-state index in [9.17, 15) is 19.5 Å². The van der Waals surface area contributed by atoms with Crippen LogP contribution >= 0.6 is 0 Å². The van der Waals surface area contributed by atoms with Gasteiger partial charge in [-0.2, -0.15) is 0 Å². The highest BCUT2D eigenvalue weighted by Crippen LogP contribution is 2.27. The molecule has 1 amide bonds. The van der Waals surface area contributed by atoms with Crippen molar-refractivity contribution in [2.24, 2.45) is 11.8 Å². The number of ketones is 1. The van der Waals surface area contributed by atoms with E-state index in [0.29, 0.717) is 12.8 Å². The topological polar surface area (TPSA) is 83.5 Å². The number of carbonyl (C=O) groups excluding carboxylic acids is 2. The van der Waals surface area contributed by atoms with Crippen molar-refractivity contribution < 1.29 is 19.5 Å². The Labute approximate surface area is 119 Å². The summed E-state index contributed by atoms with van der Waals surface area (Å²) in [6.45, 7) is 0. The number of amides is 1. The second-order valence-electron chi connectivity index (χ2n) is 6.05. The fraction of sp³-hybridized carbons (Fsp3) is 0.800. The fourth-order valence-corrected chi connectivity index (χ4v) is 3.36. The molecule has 0 aromatic heterocycles. The normalized spacial score (nSPS) is 26.0. The van der Waals surface area contributed by atoms with Gasteiger partial charge in [0.05, 0.1) is 0 Å². The molecule has 0 heterocycles. The summed E-state index contributed by atoms with van der Waals surface area (Å²) in [4.78, 5) is 35.1. The average Bonchev–Trinajstić information content (AvgIpc) is 2.45. The van der Waals surface area contributed by atoms with Gasteiger partial charge in [0.2, 0.25) is 5.91 Å². The van der Waals surface area contributed by atoms with E-state index >= 15 is 0 Å². The van der Waals surface area contributed by atoms with Crippen molar-refractivity contribution in [3.63, 3.8) is 0 Å². The lowest BCUT2D eigenvalue weighted by Crippen LogP contribution is -2.49. The van der Waals surface area contributed by atoms with Gasteiger partial charge in [0.25, 0.3) is 0 Å². The van der Waals surface area contributed by atoms with E-state index in [0.717, 1.165) is 38.5 Å². The minimum absolute atomic E-state index is 0.0510. The molecular weight excluding hydrogens is 258 g/mol. The molecule has 2 aliphatic carbocycles. The van der Waals surface area contributed by atoms with Gasteiger partial charge in [-0.3, -0.25) is 9.59 Å². The van der Waals surface area contributed by atoms with Gasteiger partial charge in [0.1, 0.15) is 11.8 Å². The number of carboxylic acids is 1. The van der Waals surface area contributed by atoms with Crippen LogP contribution in [-0.2, 0) is 14.4 Å². The summed E-state index contributed by atoms with van der Waals surface area (Å²) < 4.78 is 0. The van der Waals surface area contributed by atoms with E-state index in [1.54, 1.807) is 0 Å². The first-order valence-corrected chi connectivity index (χ1v) is 7.63. The summed E-state index contributed by atoms with van der Waals surface area (Å²) in [6.07, 6.45) is 7.18. The number of carboxylic acid groups (broad SMARTS) is 1. The third-order valence-electron chi connectivity index (χ3n) is 4.53. The molecule has 2 saturated carbocycles. The summed E-state index contributed by atoms with van der Waals surface area (Å²) in [5.74, 6) is -1.35. The molecule has 0 aromatic carbocycles. The van der Waals surface area contributed by atoms with Crippen LogP contribution in [0, 0.1) is 11.8 Å². The lowest BCUT2D eigenvalue weighted by atomic mass is 9.82. The molecule has 2 atom stereocenters. The molecule has 20 heavy (non-hydrogen) atoms. The maximum atomic E-state index is 12.2. The van der Waals surface area contributed by atoms with Gasteiger partial charge >= 0.3 is 5.97 Å². The molecule has 5 nitrogen and oxygen atoms in total. The van der Waals surface area contributed by atoms with Crippen LogP contribution in [0.2, 0.25) is 0 Å². The lowest BCUT2D eigenvalue weighted by Gasteiger charge is -2.29. The number of aliphatic carboxylic acids is 1. The molecule has 5 heteroatoms. The van der Waals surface area contributed by atoms with Crippen molar-refractivity contribution in [3.05, 3.63) is 0 Å². The Morgan fingerprint density at radius 3 is 2.40 bits per heavy atom. The number of rotatable bonds is 4. The van der Waals surface area contributed by atoms with Crippen LogP contribution in [0.3, 0.4) is 0 Å². The molecule has 0 spiro atoms. The Morgan fingerprint density at radius 1 is 1.10 bits per heavy atom. The van der Waals surface area contributed by atoms with E-state index in [1.165, 1.54) is 0 Å². The van der Waals surface area contributed by atoms with Crippen molar-refractivity contribution in [1.82, 2.24) is 5.32 Å². The molecule has 2 fully saturated rings. The van der Waals surface area contributed by atoms with E-state index < -0.39 is 12.0 Å². The largest absolute Gasteiger partial charge is 0.480 e. The minimum atomic E-state index is -1.02. The van der Waals surface area contributed by atoms with Crippen molar-refractivity contribution >= 4 is 17.7 Å². The molecule has 2 rings (SSSR count). The Hall–Kier alpha value is -1.39. The highest BCUT2D eigenvalue weighted by atomic mass is 16.4. The second-order valence-corrected chi connectivity index (χ2v) is 6.05. The van der Waals surface area contributed by atoms with Crippen LogP contribution in [-0.4, -0.2) is 28.8 Å². The number of Topliss-reactive ketones (excluding diaryl/α,β-unsaturated/α-hetero) is 1. The Balaban J connectivity index is 1.96. The van der Waals surface area contributed by atoms with Crippen molar-refractivity contribution in [2.45, 2.75) is 63.8 Å². The minimum Gasteiger partial charge on any atom is -0.480 e. The summed E-state index contributed by atoms with van der Waals surface area (Å²) >= 11 is 0. The van der Waals surface area contributed by atoms with E-state index in [1.807, 2.05) is 0 Å². The quantitative estimate of drug-likeness (QED) is 0.824. The maximum absolute atomic E-state index is 12.2. The van der Waals surface area contributed by atoms with Gasteiger partial charge in [-0.05, 0) is 31.6 Å². The molecule has 0 radical (unpaired) electrons. The first-order valence-electron chi connectivity index (χ1n) is 7.63. The highest BCUT2D eigenvalue weighted by Gasteiger charge is 2.34. The summed E-state index contributed by atoms with van der Waals surface area (Å²) in [5, 5.41) is 12.0. The summed E-state index contributed by atoms with van der Waals surface area (Å²) in [6, 6.07) is -0.909. The maximum Gasteiger partial charge on any atom is 0.326 e. The Morgan fingerprint density at radius 2 is 1.80 bits per heavy atom. The van der Waals surface area contributed by atoms with Gasteiger partial charge < -0.3 is 10.4 Å². The zero-order chi connectivity index (χ0) is 14.5. The zero-order valence-corrected chi connectivity index (χ0v) is 11.8. The van der Waals surface area contributed by atoms with Crippen LogP contribution in [0.1, 0.15) is 57.8 Å². The number of hydrogen-bond acceptors (Lipinski definition) is 3. The summed E-state index contributed by atoms with van der Waals surface area (Å²) in [7, 11) is 0. The van der Waals surface area contributed by atoms with Crippen LogP contribution in [0.15, 0.2) is 0 Å². The number of carbonyl (C=O) groups is 3. The van der Waals surface area contributed by atoms with Gasteiger partial charge in [-0.15, -0.1) is 0 Å². The number of hydrogen-bond donors (Lipinski definition) is 2. The van der Waals surface area contributed by atoms with Crippen molar-refractivity contribution in [1.29, 1.82) is 0 Å². The Bertz CT molecular complexity index is 387. The predicted octanol–water partition coefficient (Wildman–Crippen LogP) is 1.90. The molecule has 0 aliphatic heterocycles. The van der Waals surface area contributed by atoms with Gasteiger partial charge in [0, 0.05) is 18.8 Å². The van der Waals surface area contributed by atoms with Crippen molar-refractivity contribution in [3.8, 4) is 0 Å². The van der Waals surface area contributed by atoms with Crippen LogP contribution in [0.5, 0.6) is 0 Å². The van der Waals surface area contributed by atoms with Gasteiger partial charge in [-0.25, -0.2) is 4.79 Å². The number of nitrogens with one attached hydrogen (secondary N) is 1. The molecule has 0 bridgehead atoms. The second kappa shape index (κ2) is 6.86. The van der Waals surface area contributed by atoms with Crippen LogP contribution in [0.25, 0.3) is 0 Å². The summed E-state index contributed by atoms with van der Waals surface area (Å²) in [5.41, 5.74) is 0. The average molecular weight is 281 g/mol. The molecular formula is C15H23NO4. The third-order valence-corrected chi connectivity index (χ3v) is 4.53. The fourth-order valence-electron chi connectivity index (χ4n) is 3.36. The van der Waals surface area contributed by atoms with Crippen molar-refractivity contribution in [2.75, 3.05) is 0 Å². The van der Waals surface area contributed by atoms with Gasteiger partial charge in [0.15, 0.2) is 0 Å². The molecule has 2 aliphatic rings. The van der Waals surface area contributed by atoms with E-state index in [4.69, 9.17) is 0 Å². The molecule has 112 valence electrons. The smallest absolute Gasteiger partial charge is 0.326 e.